The molecule has 1 aromatic heterocycles. The Bertz CT molecular complexity index is 667. The molecule has 0 radical (unpaired) electrons. The molecule has 0 unspecified atom stereocenters. The first-order valence-electron chi connectivity index (χ1n) is 6.12. The second-order valence-electron chi connectivity index (χ2n) is 4.58. The fourth-order valence-electron chi connectivity index (χ4n) is 1.72. The second kappa shape index (κ2) is 5.56. The molecular weight excluding hydrogens is 256 g/mol. The standard InChI is InChI=1S/C14H16N4O2/c1-18(2)13(19)8-16-14(20)12-7-10(15)9-5-3-4-6-11(9)17-12/h3-7H,8H2,1-2H3,(H2,15,17)(H,16,20). The maximum atomic E-state index is 12.0. The molecule has 2 aromatic rings. The molecule has 0 spiro atoms. The number of fused-ring (bicyclic) bond motifs is 1. The average Bonchev–Trinajstić information content (AvgIpc) is 2.44. The Kier molecular flexibility index (Phi) is 3.84. The molecule has 0 aliphatic carbocycles. The van der Waals surface area contributed by atoms with Crippen molar-refractivity contribution < 1.29 is 9.59 Å². The van der Waals surface area contributed by atoms with Gasteiger partial charge in [0.15, 0.2) is 0 Å². The summed E-state index contributed by atoms with van der Waals surface area (Å²) >= 11 is 0. The Balaban J connectivity index is 2.20. The number of likely N-dealkylation sites (N-methyl/N-ethyl adjacent to an activating group) is 1. The maximum absolute atomic E-state index is 12.0. The van der Waals surface area contributed by atoms with Crippen molar-refractivity contribution in [1.29, 1.82) is 0 Å². The number of para-hydroxylation sites is 1. The Morgan fingerprint density at radius 1 is 1.30 bits per heavy atom. The molecule has 104 valence electrons. The molecule has 2 amide bonds. The molecule has 3 N–H and O–H groups in total. The summed E-state index contributed by atoms with van der Waals surface area (Å²) in [6.45, 7) is -0.0692. The minimum atomic E-state index is -0.419. The highest BCUT2D eigenvalue weighted by molar-refractivity contribution is 6.00. The van der Waals surface area contributed by atoms with E-state index < -0.39 is 5.91 Å². The summed E-state index contributed by atoms with van der Waals surface area (Å²) in [6.07, 6.45) is 0. The van der Waals surface area contributed by atoms with Crippen LogP contribution in [-0.4, -0.2) is 42.3 Å². The summed E-state index contributed by atoms with van der Waals surface area (Å²) in [4.78, 5) is 29.0. The number of amides is 2. The first kappa shape index (κ1) is 13.8. The van der Waals surface area contributed by atoms with E-state index in [1.807, 2.05) is 18.2 Å². The summed E-state index contributed by atoms with van der Waals surface area (Å²) in [5.41, 5.74) is 7.24. The van der Waals surface area contributed by atoms with E-state index in [2.05, 4.69) is 10.3 Å². The van der Waals surface area contributed by atoms with Crippen LogP contribution in [0, 0.1) is 0 Å². The molecule has 0 saturated heterocycles. The minimum Gasteiger partial charge on any atom is -0.398 e. The van der Waals surface area contributed by atoms with Gasteiger partial charge >= 0.3 is 0 Å². The van der Waals surface area contributed by atoms with Gasteiger partial charge in [0.2, 0.25) is 5.91 Å². The number of nitrogens with two attached hydrogens (primary N) is 1. The van der Waals surface area contributed by atoms with Gasteiger partial charge in [-0.1, -0.05) is 18.2 Å². The van der Waals surface area contributed by atoms with Gasteiger partial charge in [-0.05, 0) is 12.1 Å². The van der Waals surface area contributed by atoms with Gasteiger partial charge in [0.25, 0.3) is 5.91 Å². The molecule has 20 heavy (non-hydrogen) atoms. The SMILES string of the molecule is CN(C)C(=O)CNC(=O)c1cc(N)c2ccccc2n1. The number of pyridine rings is 1. The predicted molar refractivity (Wildman–Crippen MR) is 77.2 cm³/mol. The third kappa shape index (κ3) is 2.85. The number of anilines is 1. The molecule has 6 heteroatoms. The van der Waals surface area contributed by atoms with E-state index in [-0.39, 0.29) is 18.1 Å². The van der Waals surface area contributed by atoms with Crippen LogP contribution in [-0.2, 0) is 4.79 Å². The number of nitrogens with one attached hydrogen (secondary N) is 1. The van der Waals surface area contributed by atoms with Gasteiger partial charge in [0.1, 0.15) is 5.69 Å². The first-order chi connectivity index (χ1) is 9.49. The molecule has 0 aliphatic heterocycles. The molecule has 0 atom stereocenters. The fraction of sp³-hybridized carbons (Fsp3) is 0.214. The Hall–Kier alpha value is -2.63. The highest BCUT2D eigenvalue weighted by Gasteiger charge is 2.12. The molecule has 0 saturated carbocycles. The molecule has 0 fully saturated rings. The van der Waals surface area contributed by atoms with Gasteiger partial charge in [0.05, 0.1) is 12.1 Å². The van der Waals surface area contributed by atoms with Crippen molar-refractivity contribution in [3.8, 4) is 0 Å². The van der Waals surface area contributed by atoms with E-state index in [1.54, 1.807) is 20.2 Å². The molecular formula is C14H16N4O2. The van der Waals surface area contributed by atoms with E-state index in [1.165, 1.54) is 11.0 Å². The zero-order valence-electron chi connectivity index (χ0n) is 11.4. The molecule has 0 bridgehead atoms. The van der Waals surface area contributed by atoms with Gasteiger partial charge < -0.3 is 16.0 Å². The van der Waals surface area contributed by atoms with Crippen molar-refractivity contribution >= 4 is 28.4 Å². The number of benzene rings is 1. The third-order valence-corrected chi connectivity index (χ3v) is 2.88. The monoisotopic (exact) mass is 272 g/mol. The maximum Gasteiger partial charge on any atom is 0.270 e. The molecule has 1 heterocycles. The summed E-state index contributed by atoms with van der Waals surface area (Å²) < 4.78 is 0. The lowest BCUT2D eigenvalue weighted by molar-refractivity contribution is -0.127. The minimum absolute atomic E-state index is 0.0692. The number of nitrogen functional groups attached to an aromatic ring is 1. The van der Waals surface area contributed by atoms with Crippen LogP contribution < -0.4 is 11.1 Å². The van der Waals surface area contributed by atoms with Crippen molar-refractivity contribution in [2.75, 3.05) is 26.4 Å². The second-order valence-corrected chi connectivity index (χ2v) is 4.58. The Morgan fingerprint density at radius 2 is 2.00 bits per heavy atom. The average molecular weight is 272 g/mol. The number of hydrogen-bond acceptors (Lipinski definition) is 4. The third-order valence-electron chi connectivity index (χ3n) is 2.88. The number of carbonyl (C=O) groups excluding carboxylic acids is 2. The van der Waals surface area contributed by atoms with Crippen LogP contribution in [0.4, 0.5) is 5.69 Å². The van der Waals surface area contributed by atoms with E-state index in [0.717, 1.165) is 5.39 Å². The largest absolute Gasteiger partial charge is 0.398 e. The quantitative estimate of drug-likeness (QED) is 0.858. The van der Waals surface area contributed by atoms with Crippen LogP contribution in [0.5, 0.6) is 0 Å². The zero-order valence-corrected chi connectivity index (χ0v) is 11.4. The lowest BCUT2D eigenvalue weighted by Gasteiger charge is -2.11. The molecule has 2 rings (SSSR count). The first-order valence-corrected chi connectivity index (χ1v) is 6.12. The van der Waals surface area contributed by atoms with Crippen LogP contribution in [0.15, 0.2) is 30.3 Å². The molecule has 6 nitrogen and oxygen atoms in total. The number of aromatic nitrogens is 1. The topological polar surface area (TPSA) is 88.3 Å². The van der Waals surface area contributed by atoms with Gasteiger partial charge in [-0.3, -0.25) is 9.59 Å². The smallest absolute Gasteiger partial charge is 0.270 e. The van der Waals surface area contributed by atoms with Gasteiger partial charge in [0, 0.05) is 25.2 Å². The van der Waals surface area contributed by atoms with E-state index in [0.29, 0.717) is 11.2 Å². The van der Waals surface area contributed by atoms with Crippen molar-refractivity contribution in [2.45, 2.75) is 0 Å². The van der Waals surface area contributed by atoms with E-state index in [9.17, 15) is 9.59 Å². The Morgan fingerprint density at radius 3 is 2.70 bits per heavy atom. The summed E-state index contributed by atoms with van der Waals surface area (Å²) in [5, 5.41) is 3.32. The van der Waals surface area contributed by atoms with Crippen LogP contribution in [0.25, 0.3) is 10.9 Å². The summed E-state index contributed by atoms with van der Waals surface area (Å²) in [7, 11) is 3.25. The lowest BCUT2D eigenvalue weighted by atomic mass is 10.1. The van der Waals surface area contributed by atoms with Crippen LogP contribution in [0.1, 0.15) is 10.5 Å². The molecule has 0 aliphatic rings. The summed E-state index contributed by atoms with van der Waals surface area (Å²) in [5.74, 6) is -0.607. The Labute approximate surface area is 116 Å². The normalized spacial score (nSPS) is 10.3. The lowest BCUT2D eigenvalue weighted by Crippen LogP contribution is -2.36. The van der Waals surface area contributed by atoms with Gasteiger partial charge in [-0.15, -0.1) is 0 Å². The van der Waals surface area contributed by atoms with Gasteiger partial charge in [-0.2, -0.15) is 0 Å². The molecule has 1 aromatic carbocycles. The van der Waals surface area contributed by atoms with Crippen LogP contribution >= 0.6 is 0 Å². The zero-order chi connectivity index (χ0) is 14.7. The van der Waals surface area contributed by atoms with E-state index >= 15 is 0 Å². The van der Waals surface area contributed by atoms with Crippen LogP contribution in [0.2, 0.25) is 0 Å². The summed E-state index contributed by atoms with van der Waals surface area (Å²) in [6, 6.07) is 8.82. The van der Waals surface area contributed by atoms with Crippen LogP contribution in [0.3, 0.4) is 0 Å². The fourth-order valence-corrected chi connectivity index (χ4v) is 1.72. The number of rotatable bonds is 3. The van der Waals surface area contributed by atoms with Crippen molar-refractivity contribution in [3.63, 3.8) is 0 Å². The highest BCUT2D eigenvalue weighted by Crippen LogP contribution is 2.19. The predicted octanol–water partition coefficient (Wildman–Crippen LogP) is 0.635. The number of nitrogens with zero attached hydrogens (tertiary/aromatic N) is 2. The number of carbonyl (C=O) groups is 2. The highest BCUT2D eigenvalue weighted by atomic mass is 16.2. The number of hydrogen-bond donors (Lipinski definition) is 2. The van der Waals surface area contributed by atoms with Crippen molar-refractivity contribution in [2.24, 2.45) is 0 Å². The van der Waals surface area contributed by atoms with Crippen molar-refractivity contribution in [3.05, 3.63) is 36.0 Å². The van der Waals surface area contributed by atoms with E-state index in [4.69, 9.17) is 5.73 Å². The van der Waals surface area contributed by atoms with Gasteiger partial charge in [-0.25, -0.2) is 4.98 Å². The van der Waals surface area contributed by atoms with Crippen molar-refractivity contribution in [1.82, 2.24) is 15.2 Å².